The zero-order valence-corrected chi connectivity index (χ0v) is 19.6. The molecular formula is C25H25NO7S. The smallest absolute Gasteiger partial charge is 0.303 e. The van der Waals surface area contributed by atoms with E-state index in [-0.39, 0.29) is 6.61 Å². The van der Waals surface area contributed by atoms with E-state index in [1.54, 1.807) is 24.3 Å². The van der Waals surface area contributed by atoms with Crippen LogP contribution in [0.3, 0.4) is 0 Å². The molecule has 0 radical (unpaired) electrons. The number of hydrogen-bond donors (Lipinski definition) is 0. The number of nitrogens with zero attached hydrogens (tertiary/aromatic N) is 1. The molecule has 2 aromatic rings. The maximum atomic E-state index is 13.4. The van der Waals surface area contributed by atoms with Crippen molar-refractivity contribution >= 4 is 29.5 Å². The van der Waals surface area contributed by atoms with E-state index < -0.39 is 53.9 Å². The molecule has 178 valence electrons. The minimum atomic E-state index is -0.919. The normalized spacial score (nSPS) is 30.6. The molecule has 34 heavy (non-hydrogen) atoms. The number of imide groups is 1. The molecule has 2 fully saturated rings. The van der Waals surface area contributed by atoms with E-state index in [9.17, 15) is 14.4 Å². The molecule has 3 aliphatic rings. The molecule has 0 bridgehead atoms. The summed E-state index contributed by atoms with van der Waals surface area (Å²) in [5, 5.41) is 0. The average molecular weight is 484 g/mol. The van der Waals surface area contributed by atoms with Crippen LogP contribution in [0, 0.1) is 0 Å². The van der Waals surface area contributed by atoms with Gasteiger partial charge in [-0.2, -0.15) is 0 Å². The molecule has 2 amide bonds. The van der Waals surface area contributed by atoms with Crippen molar-refractivity contribution < 1.29 is 33.3 Å². The molecule has 2 saturated heterocycles. The van der Waals surface area contributed by atoms with Crippen LogP contribution in [0.25, 0.3) is 0 Å². The number of hydrogen-bond acceptors (Lipinski definition) is 8. The molecule has 0 saturated carbocycles. The molecule has 3 aliphatic heterocycles. The van der Waals surface area contributed by atoms with Crippen LogP contribution in [-0.2, 0) is 23.7 Å². The number of carbonyl (C=O) groups is 3. The number of benzene rings is 2. The number of esters is 1. The van der Waals surface area contributed by atoms with Crippen LogP contribution >= 0.6 is 11.8 Å². The highest BCUT2D eigenvalue weighted by Gasteiger charge is 2.57. The summed E-state index contributed by atoms with van der Waals surface area (Å²) < 4.78 is 24.3. The first-order chi connectivity index (χ1) is 16.5. The predicted molar refractivity (Wildman–Crippen MR) is 123 cm³/mol. The van der Waals surface area contributed by atoms with Crippen molar-refractivity contribution in [1.82, 2.24) is 4.90 Å². The van der Waals surface area contributed by atoms with Crippen LogP contribution in [0.5, 0.6) is 0 Å². The average Bonchev–Trinajstić information content (AvgIpc) is 3.09. The summed E-state index contributed by atoms with van der Waals surface area (Å²) in [6, 6.07) is 15.2. The van der Waals surface area contributed by atoms with Gasteiger partial charge in [0.2, 0.25) is 0 Å². The topological polar surface area (TPSA) is 91.4 Å². The van der Waals surface area contributed by atoms with Gasteiger partial charge in [-0.15, -0.1) is 11.8 Å². The molecule has 6 atom stereocenters. The lowest BCUT2D eigenvalue weighted by molar-refractivity contribution is -0.311. The Morgan fingerprint density at radius 3 is 2.29 bits per heavy atom. The van der Waals surface area contributed by atoms with E-state index in [0.29, 0.717) is 16.9 Å². The van der Waals surface area contributed by atoms with E-state index in [1.807, 2.05) is 37.3 Å². The largest absolute Gasteiger partial charge is 0.457 e. The van der Waals surface area contributed by atoms with Gasteiger partial charge in [0.05, 0.1) is 17.7 Å². The Morgan fingerprint density at radius 1 is 1.03 bits per heavy atom. The van der Waals surface area contributed by atoms with Crippen LogP contribution in [-0.4, -0.2) is 64.8 Å². The third kappa shape index (κ3) is 4.02. The van der Waals surface area contributed by atoms with Crippen molar-refractivity contribution in [3.8, 4) is 0 Å². The zero-order valence-electron chi connectivity index (χ0n) is 18.8. The van der Waals surface area contributed by atoms with Gasteiger partial charge in [0.15, 0.2) is 12.4 Å². The van der Waals surface area contributed by atoms with E-state index in [2.05, 4.69) is 0 Å². The van der Waals surface area contributed by atoms with E-state index >= 15 is 0 Å². The van der Waals surface area contributed by atoms with Crippen LogP contribution in [0.2, 0.25) is 0 Å². The second kappa shape index (κ2) is 9.50. The summed E-state index contributed by atoms with van der Waals surface area (Å²) in [6.45, 7) is 3.48. The fraction of sp³-hybridized carbons (Fsp3) is 0.400. The highest BCUT2D eigenvalue weighted by molar-refractivity contribution is 7.99. The predicted octanol–water partition coefficient (Wildman–Crippen LogP) is 3.18. The summed E-state index contributed by atoms with van der Waals surface area (Å²) in [4.78, 5) is 40.1. The van der Waals surface area contributed by atoms with Crippen molar-refractivity contribution in [2.45, 2.75) is 49.9 Å². The van der Waals surface area contributed by atoms with Crippen molar-refractivity contribution in [3.05, 3.63) is 71.3 Å². The SMILES string of the molecule is CCS[C@@H]1OC2COC(c3ccccc3)O[C@@H]2C(OC(C)=O)C1N1C(=O)c2ccccc2C1=O. The molecule has 4 unspecified atom stereocenters. The maximum absolute atomic E-state index is 13.4. The third-order valence-electron chi connectivity index (χ3n) is 6.14. The van der Waals surface area contributed by atoms with Gasteiger partial charge in [-0.25, -0.2) is 0 Å². The Kier molecular flexibility index (Phi) is 6.44. The minimum absolute atomic E-state index is 0.220. The molecule has 2 aromatic carbocycles. The van der Waals surface area contributed by atoms with Crippen LogP contribution < -0.4 is 0 Å². The Bertz CT molecular complexity index is 1060. The van der Waals surface area contributed by atoms with Gasteiger partial charge in [0.1, 0.15) is 23.7 Å². The first-order valence-electron chi connectivity index (χ1n) is 11.2. The third-order valence-corrected chi connectivity index (χ3v) is 7.19. The molecule has 0 spiro atoms. The van der Waals surface area contributed by atoms with Gasteiger partial charge >= 0.3 is 5.97 Å². The Balaban J connectivity index is 1.53. The van der Waals surface area contributed by atoms with Crippen LogP contribution in [0.15, 0.2) is 54.6 Å². The lowest BCUT2D eigenvalue weighted by Crippen LogP contribution is -2.67. The Morgan fingerprint density at radius 2 is 1.68 bits per heavy atom. The monoisotopic (exact) mass is 483 g/mol. The maximum Gasteiger partial charge on any atom is 0.303 e. The Labute approximate surface area is 201 Å². The molecule has 8 nitrogen and oxygen atoms in total. The van der Waals surface area contributed by atoms with Gasteiger partial charge in [-0.05, 0) is 17.9 Å². The highest BCUT2D eigenvalue weighted by Crippen LogP contribution is 2.41. The first kappa shape index (κ1) is 23.0. The van der Waals surface area contributed by atoms with Gasteiger partial charge in [-0.3, -0.25) is 19.3 Å². The quantitative estimate of drug-likeness (QED) is 0.473. The second-order valence-corrected chi connectivity index (χ2v) is 9.64. The number of rotatable bonds is 5. The summed E-state index contributed by atoms with van der Waals surface area (Å²) >= 11 is 1.44. The lowest BCUT2D eigenvalue weighted by Gasteiger charge is -2.50. The van der Waals surface area contributed by atoms with Gasteiger partial charge in [0, 0.05) is 12.5 Å². The molecular weight excluding hydrogens is 458 g/mol. The standard InChI is InChI=1S/C25H25NO7S/c1-3-34-25-19(26-22(28)16-11-7-8-12-17(16)23(26)29)21(31-14(2)27)20-18(32-25)13-30-24(33-20)15-9-5-4-6-10-15/h4-12,18-21,24-25H,3,13H2,1-2H3/t18?,19?,20-,21?,24?,25-/m0/s1. The summed E-state index contributed by atoms with van der Waals surface area (Å²) in [5.74, 6) is -0.724. The van der Waals surface area contributed by atoms with Crippen molar-refractivity contribution in [1.29, 1.82) is 0 Å². The zero-order chi connectivity index (χ0) is 23.8. The number of ether oxygens (including phenoxy) is 4. The van der Waals surface area contributed by atoms with Gasteiger partial charge in [-0.1, -0.05) is 49.4 Å². The Hall–Kier alpha value is -2.72. The molecule has 3 heterocycles. The van der Waals surface area contributed by atoms with Crippen LogP contribution in [0.1, 0.15) is 46.4 Å². The van der Waals surface area contributed by atoms with Gasteiger partial charge < -0.3 is 18.9 Å². The summed E-state index contributed by atoms with van der Waals surface area (Å²) in [7, 11) is 0. The minimum Gasteiger partial charge on any atom is -0.457 e. The number of thioether (sulfide) groups is 1. The highest BCUT2D eigenvalue weighted by atomic mass is 32.2. The summed E-state index contributed by atoms with van der Waals surface area (Å²) in [6.07, 6.45) is -2.87. The molecule has 0 N–H and O–H groups in total. The summed E-state index contributed by atoms with van der Waals surface area (Å²) in [5.41, 5.74) is 0.848. The van der Waals surface area contributed by atoms with Crippen LogP contribution in [0.4, 0.5) is 0 Å². The van der Waals surface area contributed by atoms with Crippen molar-refractivity contribution in [3.63, 3.8) is 0 Å². The second-order valence-electron chi connectivity index (χ2n) is 8.27. The number of amides is 2. The number of fused-ring (bicyclic) bond motifs is 2. The molecule has 9 heteroatoms. The lowest BCUT2D eigenvalue weighted by atomic mass is 9.95. The molecule has 0 aromatic heterocycles. The molecule has 0 aliphatic carbocycles. The van der Waals surface area contributed by atoms with E-state index in [1.165, 1.54) is 23.6 Å². The van der Waals surface area contributed by atoms with Crippen molar-refractivity contribution in [2.24, 2.45) is 0 Å². The van der Waals surface area contributed by atoms with E-state index in [4.69, 9.17) is 18.9 Å². The van der Waals surface area contributed by atoms with Crippen molar-refractivity contribution in [2.75, 3.05) is 12.4 Å². The molecule has 5 rings (SSSR count). The first-order valence-corrected chi connectivity index (χ1v) is 12.3. The number of carbonyl (C=O) groups excluding carboxylic acids is 3. The van der Waals surface area contributed by atoms with Gasteiger partial charge in [0.25, 0.3) is 11.8 Å². The fourth-order valence-corrected chi connectivity index (χ4v) is 5.74. The fourth-order valence-electron chi connectivity index (χ4n) is 4.72. The van der Waals surface area contributed by atoms with E-state index in [0.717, 1.165) is 5.56 Å².